The van der Waals surface area contributed by atoms with Crippen LogP contribution in [0.5, 0.6) is 0 Å². The second-order valence-corrected chi connectivity index (χ2v) is 9.00. The van der Waals surface area contributed by atoms with E-state index in [1.807, 2.05) is 24.4 Å². The van der Waals surface area contributed by atoms with Crippen molar-refractivity contribution in [2.24, 2.45) is 11.3 Å². The summed E-state index contributed by atoms with van der Waals surface area (Å²) in [6, 6.07) is 17.8. The van der Waals surface area contributed by atoms with Gasteiger partial charge >= 0.3 is 0 Å². The lowest BCUT2D eigenvalue weighted by atomic mass is 9.64. The molecular weight excluding hydrogens is 380 g/mol. The largest absolute Gasteiger partial charge is 0.326 e. The second kappa shape index (κ2) is 8.16. The van der Waals surface area contributed by atoms with Crippen molar-refractivity contribution >= 4 is 34.1 Å². The van der Waals surface area contributed by atoms with Gasteiger partial charge in [-0.15, -0.1) is 0 Å². The monoisotopic (exact) mass is 406 g/mol. The van der Waals surface area contributed by atoms with Gasteiger partial charge in [-0.3, -0.25) is 9.78 Å². The summed E-state index contributed by atoms with van der Waals surface area (Å²) in [5.41, 5.74) is 3.27. The topological polar surface area (TPSA) is 42.0 Å². The quantitative estimate of drug-likeness (QED) is 0.516. The number of hydrogen-bond donors (Lipinski definition) is 1. The summed E-state index contributed by atoms with van der Waals surface area (Å²) in [6.45, 7) is 4.33. The molecule has 1 amide bonds. The molecule has 4 heteroatoms. The lowest BCUT2D eigenvalue weighted by Crippen LogP contribution is -2.37. The average Bonchev–Trinajstić information content (AvgIpc) is 2.75. The van der Waals surface area contributed by atoms with Crippen LogP contribution in [0.15, 0.2) is 60.8 Å². The van der Waals surface area contributed by atoms with Gasteiger partial charge in [-0.05, 0) is 79.0 Å². The molecule has 0 saturated heterocycles. The number of pyridine rings is 1. The van der Waals surface area contributed by atoms with E-state index in [4.69, 9.17) is 11.6 Å². The van der Waals surface area contributed by atoms with Gasteiger partial charge in [0.1, 0.15) is 0 Å². The molecule has 0 bridgehead atoms. The molecule has 3 nitrogen and oxygen atoms in total. The van der Waals surface area contributed by atoms with Crippen LogP contribution in [-0.2, 0) is 4.79 Å². The molecule has 0 spiro atoms. The highest BCUT2D eigenvalue weighted by molar-refractivity contribution is 6.30. The molecule has 29 heavy (non-hydrogen) atoms. The Balaban J connectivity index is 1.44. The van der Waals surface area contributed by atoms with Crippen LogP contribution in [0, 0.1) is 11.3 Å². The third-order valence-electron chi connectivity index (χ3n) is 6.80. The Kier molecular flexibility index (Phi) is 5.60. The van der Waals surface area contributed by atoms with E-state index >= 15 is 0 Å². The highest BCUT2D eigenvalue weighted by Gasteiger charge is 2.39. The number of para-hydroxylation sites is 1. The van der Waals surface area contributed by atoms with E-state index in [1.165, 1.54) is 10.9 Å². The second-order valence-electron chi connectivity index (χ2n) is 8.56. The number of benzene rings is 2. The van der Waals surface area contributed by atoms with E-state index < -0.39 is 0 Å². The van der Waals surface area contributed by atoms with Gasteiger partial charge < -0.3 is 5.32 Å². The maximum Gasteiger partial charge on any atom is 0.227 e. The Bertz CT molecular complexity index is 1000. The van der Waals surface area contributed by atoms with Gasteiger partial charge in [0.2, 0.25) is 5.91 Å². The molecule has 1 unspecified atom stereocenters. The van der Waals surface area contributed by atoms with Crippen molar-refractivity contribution in [2.45, 2.75) is 45.4 Å². The Morgan fingerprint density at radius 3 is 2.52 bits per heavy atom. The highest BCUT2D eigenvalue weighted by atomic mass is 35.5. The number of carbonyl (C=O) groups is 1. The minimum atomic E-state index is -0.0479. The summed E-state index contributed by atoms with van der Waals surface area (Å²) >= 11 is 5.94. The molecule has 1 fully saturated rings. The predicted molar refractivity (Wildman–Crippen MR) is 120 cm³/mol. The summed E-state index contributed by atoms with van der Waals surface area (Å²) < 4.78 is 0. The molecule has 0 aliphatic heterocycles. The van der Waals surface area contributed by atoms with Crippen LogP contribution in [0.25, 0.3) is 10.9 Å². The standard InChI is InChI=1S/C25H27ClN2O/c1-17(24(29)28-20-9-7-19(26)8-10-20)25(2)14-11-18(12-15-25)21-13-16-27-23-6-4-3-5-22(21)23/h3-10,13,16-18H,11-12,14-15H2,1-2H3,(H,28,29). The average molecular weight is 407 g/mol. The molecule has 1 aliphatic rings. The molecule has 4 rings (SSSR count). The third-order valence-corrected chi connectivity index (χ3v) is 7.05. The van der Waals surface area contributed by atoms with Crippen LogP contribution in [0.1, 0.15) is 51.0 Å². The van der Waals surface area contributed by atoms with Crippen molar-refractivity contribution in [3.8, 4) is 0 Å². The first-order chi connectivity index (χ1) is 14.0. The fourth-order valence-corrected chi connectivity index (χ4v) is 4.72. The first kappa shape index (κ1) is 19.9. The van der Waals surface area contributed by atoms with E-state index in [2.05, 4.69) is 48.4 Å². The SMILES string of the molecule is CC(C(=O)Nc1ccc(Cl)cc1)C1(C)CCC(c2ccnc3ccccc23)CC1. The van der Waals surface area contributed by atoms with Gasteiger partial charge in [0.25, 0.3) is 0 Å². The Labute approximate surface area is 177 Å². The van der Waals surface area contributed by atoms with Gasteiger partial charge in [0.05, 0.1) is 5.52 Å². The molecule has 1 saturated carbocycles. The van der Waals surface area contributed by atoms with Gasteiger partial charge in [-0.25, -0.2) is 0 Å². The van der Waals surface area contributed by atoms with Crippen LogP contribution in [0.4, 0.5) is 5.69 Å². The van der Waals surface area contributed by atoms with E-state index in [0.717, 1.165) is 36.9 Å². The van der Waals surface area contributed by atoms with E-state index in [0.29, 0.717) is 10.9 Å². The lowest BCUT2D eigenvalue weighted by molar-refractivity contribution is -0.123. The fourth-order valence-electron chi connectivity index (χ4n) is 4.60. The summed E-state index contributed by atoms with van der Waals surface area (Å²) in [4.78, 5) is 17.4. The molecule has 150 valence electrons. The molecule has 0 radical (unpaired) electrons. The fraction of sp³-hybridized carbons (Fsp3) is 0.360. The smallest absolute Gasteiger partial charge is 0.227 e. The van der Waals surface area contributed by atoms with Crippen LogP contribution < -0.4 is 5.32 Å². The Hall–Kier alpha value is -2.39. The number of rotatable bonds is 4. The number of hydrogen-bond acceptors (Lipinski definition) is 2. The molecule has 2 aromatic carbocycles. The van der Waals surface area contributed by atoms with Crippen LogP contribution in [0.3, 0.4) is 0 Å². The number of nitrogens with zero attached hydrogens (tertiary/aromatic N) is 1. The van der Waals surface area contributed by atoms with Crippen molar-refractivity contribution in [3.05, 3.63) is 71.4 Å². The van der Waals surface area contributed by atoms with Gasteiger partial charge in [0, 0.05) is 28.2 Å². The molecule has 1 heterocycles. The molecular formula is C25H27ClN2O. The lowest BCUT2D eigenvalue weighted by Gasteiger charge is -2.41. The van der Waals surface area contributed by atoms with Gasteiger partial charge in [-0.2, -0.15) is 0 Å². The molecule has 1 aromatic heterocycles. The van der Waals surface area contributed by atoms with Gasteiger partial charge in [-0.1, -0.05) is 43.6 Å². The first-order valence-corrected chi connectivity index (χ1v) is 10.7. The number of nitrogens with one attached hydrogen (secondary N) is 1. The number of halogens is 1. The highest BCUT2D eigenvalue weighted by Crippen LogP contribution is 2.48. The Morgan fingerprint density at radius 1 is 1.10 bits per heavy atom. The van der Waals surface area contributed by atoms with Crippen molar-refractivity contribution in [2.75, 3.05) is 5.32 Å². The first-order valence-electron chi connectivity index (χ1n) is 10.4. The minimum Gasteiger partial charge on any atom is -0.326 e. The number of anilines is 1. The predicted octanol–water partition coefficient (Wildman–Crippen LogP) is 6.83. The van der Waals surface area contributed by atoms with E-state index in [1.54, 1.807) is 12.1 Å². The molecule has 1 atom stereocenters. The number of carbonyl (C=O) groups excluding carboxylic acids is 1. The zero-order chi connectivity index (χ0) is 20.4. The van der Waals surface area contributed by atoms with Crippen LogP contribution in [0.2, 0.25) is 5.02 Å². The molecule has 1 N–H and O–H groups in total. The zero-order valence-electron chi connectivity index (χ0n) is 17.0. The van der Waals surface area contributed by atoms with E-state index in [-0.39, 0.29) is 17.2 Å². The maximum atomic E-state index is 12.9. The van der Waals surface area contributed by atoms with Crippen molar-refractivity contribution in [3.63, 3.8) is 0 Å². The van der Waals surface area contributed by atoms with Crippen LogP contribution in [-0.4, -0.2) is 10.9 Å². The third kappa shape index (κ3) is 4.16. The number of fused-ring (bicyclic) bond motifs is 1. The summed E-state index contributed by atoms with van der Waals surface area (Å²) in [7, 11) is 0. The van der Waals surface area contributed by atoms with E-state index in [9.17, 15) is 4.79 Å². The minimum absolute atomic E-state index is 0.00976. The van der Waals surface area contributed by atoms with Crippen molar-refractivity contribution in [1.29, 1.82) is 0 Å². The Morgan fingerprint density at radius 2 is 1.79 bits per heavy atom. The number of amides is 1. The summed E-state index contributed by atoms with van der Waals surface area (Å²) in [5.74, 6) is 0.568. The maximum absolute atomic E-state index is 12.9. The van der Waals surface area contributed by atoms with Gasteiger partial charge in [0.15, 0.2) is 0 Å². The zero-order valence-corrected chi connectivity index (χ0v) is 17.7. The molecule has 3 aromatic rings. The number of aromatic nitrogens is 1. The van der Waals surface area contributed by atoms with Crippen molar-refractivity contribution < 1.29 is 4.79 Å². The summed E-state index contributed by atoms with van der Waals surface area (Å²) in [5, 5.41) is 4.99. The summed E-state index contributed by atoms with van der Waals surface area (Å²) in [6.07, 6.45) is 6.22. The molecule has 1 aliphatic carbocycles. The normalized spacial score (nSPS) is 22.9. The van der Waals surface area contributed by atoms with Crippen molar-refractivity contribution in [1.82, 2.24) is 4.98 Å². The van der Waals surface area contributed by atoms with Crippen LogP contribution >= 0.6 is 11.6 Å².